The van der Waals surface area contributed by atoms with Crippen molar-refractivity contribution in [1.82, 2.24) is 4.98 Å². The van der Waals surface area contributed by atoms with Crippen LogP contribution in [-0.4, -0.2) is 11.0 Å². The third kappa shape index (κ3) is 2.43. The second kappa shape index (κ2) is 4.96. The van der Waals surface area contributed by atoms with Gasteiger partial charge in [-0.2, -0.15) is 0 Å². The van der Waals surface area contributed by atoms with Crippen molar-refractivity contribution in [2.45, 2.75) is 51.5 Å². The topological polar surface area (TPSA) is 38.9 Å². The molecule has 0 spiro atoms. The van der Waals surface area contributed by atoms with Gasteiger partial charge in [-0.15, -0.1) is 0 Å². The summed E-state index contributed by atoms with van der Waals surface area (Å²) in [6.45, 7) is 4.48. The highest BCUT2D eigenvalue weighted by Crippen LogP contribution is 2.33. The van der Waals surface area contributed by atoms with Gasteiger partial charge in [-0.05, 0) is 43.2 Å². The number of aryl methyl sites for hydroxylation is 1. The van der Waals surface area contributed by atoms with E-state index in [-0.39, 0.29) is 6.04 Å². The van der Waals surface area contributed by atoms with Crippen LogP contribution in [-0.2, 0) is 6.42 Å². The van der Waals surface area contributed by atoms with E-state index in [0.29, 0.717) is 11.8 Å². The van der Waals surface area contributed by atoms with Gasteiger partial charge >= 0.3 is 0 Å². The molecule has 0 saturated heterocycles. The lowest BCUT2D eigenvalue weighted by Gasteiger charge is -2.29. The average molecular weight is 218 g/mol. The number of nitrogens with zero attached hydrogens (tertiary/aromatic N) is 1. The molecule has 1 aliphatic rings. The van der Waals surface area contributed by atoms with Crippen LogP contribution in [0.5, 0.6) is 0 Å². The van der Waals surface area contributed by atoms with Crippen LogP contribution in [0.15, 0.2) is 18.3 Å². The van der Waals surface area contributed by atoms with E-state index < -0.39 is 0 Å². The first kappa shape index (κ1) is 11.6. The van der Waals surface area contributed by atoms with E-state index in [2.05, 4.69) is 24.9 Å². The van der Waals surface area contributed by atoms with Gasteiger partial charge in [0.25, 0.3) is 0 Å². The Morgan fingerprint density at radius 3 is 3.06 bits per heavy atom. The first-order chi connectivity index (χ1) is 7.68. The Hall–Kier alpha value is -0.890. The molecule has 0 aliphatic heterocycles. The maximum Gasteiger partial charge on any atom is 0.0481 e. The van der Waals surface area contributed by atoms with Gasteiger partial charge < -0.3 is 5.73 Å². The highest BCUT2D eigenvalue weighted by Gasteiger charge is 2.26. The van der Waals surface area contributed by atoms with Crippen LogP contribution in [0.4, 0.5) is 0 Å². The van der Waals surface area contributed by atoms with E-state index in [1.54, 1.807) is 0 Å². The lowest BCUT2D eigenvalue weighted by atomic mass is 9.80. The van der Waals surface area contributed by atoms with E-state index >= 15 is 0 Å². The molecule has 2 rings (SSSR count). The van der Waals surface area contributed by atoms with Gasteiger partial charge in [-0.1, -0.05) is 19.9 Å². The van der Waals surface area contributed by atoms with Crippen LogP contribution in [0, 0.1) is 5.92 Å². The summed E-state index contributed by atoms with van der Waals surface area (Å²) in [4.78, 5) is 4.55. The number of hydrogen-bond acceptors (Lipinski definition) is 2. The number of hydrogen-bond donors (Lipinski definition) is 1. The molecule has 88 valence electrons. The van der Waals surface area contributed by atoms with Crippen molar-refractivity contribution in [1.29, 1.82) is 0 Å². The quantitative estimate of drug-likeness (QED) is 0.847. The van der Waals surface area contributed by atoms with Crippen molar-refractivity contribution in [3.63, 3.8) is 0 Å². The van der Waals surface area contributed by atoms with Gasteiger partial charge in [0.2, 0.25) is 0 Å². The fourth-order valence-corrected chi connectivity index (χ4v) is 2.77. The summed E-state index contributed by atoms with van der Waals surface area (Å²) in [5, 5.41) is 0. The van der Waals surface area contributed by atoms with Gasteiger partial charge in [0.05, 0.1) is 0 Å². The smallest absolute Gasteiger partial charge is 0.0481 e. The van der Waals surface area contributed by atoms with Crippen LogP contribution in [0.1, 0.15) is 50.3 Å². The number of nitrogens with two attached hydrogens (primary N) is 1. The molecule has 0 aromatic carbocycles. The van der Waals surface area contributed by atoms with Gasteiger partial charge in [0.15, 0.2) is 0 Å². The summed E-state index contributed by atoms with van der Waals surface area (Å²) < 4.78 is 0. The Balaban J connectivity index is 2.18. The standard InChI is InChI=1S/C14H22N2/c1-10(2)9-13(15)12-7-3-5-11-6-4-8-16-14(11)12/h4,6,8,10,12-13H,3,5,7,9,15H2,1-2H3. The molecule has 1 aliphatic carbocycles. The van der Waals surface area contributed by atoms with Gasteiger partial charge in [0.1, 0.15) is 0 Å². The van der Waals surface area contributed by atoms with Crippen molar-refractivity contribution >= 4 is 0 Å². The Kier molecular flexibility index (Phi) is 3.59. The Labute approximate surface area is 98.3 Å². The summed E-state index contributed by atoms with van der Waals surface area (Å²) in [7, 11) is 0. The molecule has 1 heterocycles. The molecule has 0 bridgehead atoms. The van der Waals surface area contributed by atoms with Crippen LogP contribution in [0.2, 0.25) is 0 Å². The highest BCUT2D eigenvalue weighted by molar-refractivity contribution is 5.27. The number of aromatic nitrogens is 1. The molecule has 2 nitrogen and oxygen atoms in total. The SMILES string of the molecule is CC(C)CC(N)C1CCCc2cccnc21. The molecule has 0 amide bonds. The van der Waals surface area contributed by atoms with E-state index in [1.165, 1.54) is 30.5 Å². The Morgan fingerprint density at radius 1 is 1.50 bits per heavy atom. The molecule has 2 atom stereocenters. The van der Waals surface area contributed by atoms with Crippen molar-refractivity contribution in [3.8, 4) is 0 Å². The third-order valence-electron chi connectivity index (χ3n) is 3.50. The molecule has 0 fully saturated rings. The van der Waals surface area contributed by atoms with Crippen molar-refractivity contribution in [3.05, 3.63) is 29.6 Å². The minimum Gasteiger partial charge on any atom is -0.327 e. The highest BCUT2D eigenvalue weighted by atomic mass is 14.7. The minimum absolute atomic E-state index is 0.272. The summed E-state index contributed by atoms with van der Waals surface area (Å²) in [5.74, 6) is 1.15. The summed E-state index contributed by atoms with van der Waals surface area (Å²) in [6.07, 6.45) is 6.64. The van der Waals surface area contributed by atoms with Crippen LogP contribution in [0.25, 0.3) is 0 Å². The molecule has 16 heavy (non-hydrogen) atoms. The first-order valence-electron chi connectivity index (χ1n) is 6.38. The van der Waals surface area contributed by atoms with Crippen molar-refractivity contribution in [2.75, 3.05) is 0 Å². The average Bonchev–Trinajstić information content (AvgIpc) is 2.27. The zero-order chi connectivity index (χ0) is 11.5. The van der Waals surface area contributed by atoms with Crippen molar-refractivity contribution in [2.24, 2.45) is 11.7 Å². The predicted molar refractivity (Wildman–Crippen MR) is 67.3 cm³/mol. The van der Waals surface area contributed by atoms with E-state index in [4.69, 9.17) is 5.73 Å². The second-order valence-corrected chi connectivity index (χ2v) is 5.34. The van der Waals surface area contributed by atoms with Crippen molar-refractivity contribution < 1.29 is 0 Å². The van der Waals surface area contributed by atoms with E-state index in [9.17, 15) is 0 Å². The maximum absolute atomic E-state index is 6.32. The minimum atomic E-state index is 0.272. The predicted octanol–water partition coefficient (Wildman–Crippen LogP) is 2.87. The monoisotopic (exact) mass is 218 g/mol. The lowest BCUT2D eigenvalue weighted by molar-refractivity contribution is 0.391. The largest absolute Gasteiger partial charge is 0.327 e. The Morgan fingerprint density at radius 2 is 2.31 bits per heavy atom. The third-order valence-corrected chi connectivity index (χ3v) is 3.50. The molecule has 2 N–H and O–H groups in total. The molecule has 0 radical (unpaired) electrons. The zero-order valence-corrected chi connectivity index (χ0v) is 10.3. The zero-order valence-electron chi connectivity index (χ0n) is 10.3. The van der Waals surface area contributed by atoms with Crippen LogP contribution in [0.3, 0.4) is 0 Å². The van der Waals surface area contributed by atoms with E-state index in [1.807, 2.05) is 12.3 Å². The fraction of sp³-hybridized carbons (Fsp3) is 0.643. The summed E-state index contributed by atoms with van der Waals surface area (Å²) >= 11 is 0. The van der Waals surface area contributed by atoms with Crippen LogP contribution < -0.4 is 5.73 Å². The Bertz CT molecular complexity index is 346. The molecule has 1 aromatic rings. The molecule has 0 saturated carbocycles. The summed E-state index contributed by atoms with van der Waals surface area (Å²) in [5.41, 5.74) is 9.00. The molecular formula is C14H22N2. The maximum atomic E-state index is 6.32. The van der Waals surface area contributed by atoms with Crippen LogP contribution >= 0.6 is 0 Å². The first-order valence-corrected chi connectivity index (χ1v) is 6.38. The number of pyridine rings is 1. The second-order valence-electron chi connectivity index (χ2n) is 5.34. The number of fused-ring (bicyclic) bond motifs is 1. The van der Waals surface area contributed by atoms with Gasteiger partial charge in [-0.25, -0.2) is 0 Å². The van der Waals surface area contributed by atoms with E-state index in [0.717, 1.165) is 6.42 Å². The molecule has 1 aromatic heterocycles. The van der Waals surface area contributed by atoms with Gasteiger partial charge in [-0.3, -0.25) is 4.98 Å². The number of rotatable bonds is 3. The lowest BCUT2D eigenvalue weighted by Crippen LogP contribution is -2.32. The molecule has 2 unspecified atom stereocenters. The fourth-order valence-electron chi connectivity index (χ4n) is 2.77. The van der Waals surface area contributed by atoms with Gasteiger partial charge in [0, 0.05) is 23.9 Å². The molecule has 2 heteroatoms. The molecular weight excluding hydrogens is 196 g/mol. The normalized spacial score (nSPS) is 21.9. The summed E-state index contributed by atoms with van der Waals surface area (Å²) in [6, 6.07) is 4.51.